The lowest BCUT2D eigenvalue weighted by molar-refractivity contribution is 0.0947. The van der Waals surface area contributed by atoms with Crippen molar-refractivity contribution in [1.82, 2.24) is 5.32 Å². The first-order valence-corrected chi connectivity index (χ1v) is 6.94. The molecular weight excluding hydrogens is 222 g/mol. The van der Waals surface area contributed by atoms with Crippen LogP contribution in [0.1, 0.15) is 31.4 Å². The minimum Gasteiger partial charge on any atom is -0.382 e. The van der Waals surface area contributed by atoms with Crippen LogP contribution in [0.3, 0.4) is 0 Å². The van der Waals surface area contributed by atoms with Crippen molar-refractivity contribution >= 4 is 0 Å². The molecule has 2 heteroatoms. The van der Waals surface area contributed by atoms with E-state index in [1.165, 1.54) is 11.1 Å². The molecule has 1 rings (SSSR count). The third kappa shape index (κ3) is 5.65. The molecule has 0 aromatic heterocycles. The number of methoxy groups -OCH3 is 1. The Morgan fingerprint density at radius 3 is 2.72 bits per heavy atom. The lowest BCUT2D eigenvalue weighted by Crippen LogP contribution is -2.27. The molecule has 2 atom stereocenters. The van der Waals surface area contributed by atoms with Gasteiger partial charge in [-0.1, -0.05) is 36.8 Å². The van der Waals surface area contributed by atoms with Crippen LogP contribution in [0, 0.1) is 12.8 Å². The number of benzene rings is 1. The zero-order valence-corrected chi connectivity index (χ0v) is 12.2. The average Bonchev–Trinajstić information content (AvgIpc) is 2.35. The molecule has 102 valence electrons. The predicted octanol–water partition coefficient (Wildman–Crippen LogP) is 3.19. The summed E-state index contributed by atoms with van der Waals surface area (Å²) in [5, 5.41) is 3.46. The normalized spacial score (nSPS) is 14.4. The van der Waals surface area contributed by atoms with Crippen molar-refractivity contribution in [2.45, 2.75) is 39.7 Å². The van der Waals surface area contributed by atoms with Crippen molar-refractivity contribution in [3.63, 3.8) is 0 Å². The van der Waals surface area contributed by atoms with Gasteiger partial charge in [-0.25, -0.2) is 0 Å². The highest BCUT2D eigenvalue weighted by Gasteiger charge is 2.13. The second-order valence-electron chi connectivity index (χ2n) is 5.15. The van der Waals surface area contributed by atoms with Crippen LogP contribution in [0.4, 0.5) is 0 Å². The van der Waals surface area contributed by atoms with Gasteiger partial charge in [-0.3, -0.25) is 0 Å². The van der Waals surface area contributed by atoms with E-state index >= 15 is 0 Å². The summed E-state index contributed by atoms with van der Waals surface area (Å²) >= 11 is 0. The van der Waals surface area contributed by atoms with Crippen molar-refractivity contribution in [1.29, 1.82) is 0 Å². The van der Waals surface area contributed by atoms with E-state index in [1.54, 1.807) is 7.11 Å². The highest BCUT2D eigenvalue weighted by atomic mass is 16.5. The highest BCUT2D eigenvalue weighted by molar-refractivity contribution is 5.22. The Kier molecular flexibility index (Phi) is 6.99. The molecule has 0 aliphatic heterocycles. The van der Waals surface area contributed by atoms with Crippen LogP contribution in [0.15, 0.2) is 24.3 Å². The molecule has 0 amide bonds. The molecule has 0 fully saturated rings. The van der Waals surface area contributed by atoms with Gasteiger partial charge in [0.05, 0.1) is 6.10 Å². The largest absolute Gasteiger partial charge is 0.382 e. The Hall–Kier alpha value is -0.860. The summed E-state index contributed by atoms with van der Waals surface area (Å²) in [6.45, 7) is 8.56. The minimum absolute atomic E-state index is 0.332. The number of aryl methyl sites for hydroxylation is 1. The van der Waals surface area contributed by atoms with Crippen molar-refractivity contribution in [3.05, 3.63) is 35.4 Å². The first-order chi connectivity index (χ1) is 8.65. The van der Waals surface area contributed by atoms with E-state index in [-0.39, 0.29) is 0 Å². The van der Waals surface area contributed by atoms with E-state index in [4.69, 9.17) is 4.74 Å². The third-order valence-corrected chi connectivity index (χ3v) is 3.36. The van der Waals surface area contributed by atoms with Gasteiger partial charge < -0.3 is 10.1 Å². The molecule has 18 heavy (non-hydrogen) atoms. The molecule has 0 aliphatic rings. The van der Waals surface area contributed by atoms with Crippen LogP contribution in [0.25, 0.3) is 0 Å². The first kappa shape index (κ1) is 15.2. The molecule has 0 saturated carbocycles. The fraction of sp³-hybridized carbons (Fsp3) is 0.625. The predicted molar refractivity (Wildman–Crippen MR) is 78.0 cm³/mol. The Bertz CT molecular complexity index is 338. The Labute approximate surface area is 112 Å². The molecule has 0 aliphatic carbocycles. The molecule has 0 heterocycles. The Morgan fingerprint density at radius 1 is 1.33 bits per heavy atom. The maximum Gasteiger partial charge on any atom is 0.0546 e. The smallest absolute Gasteiger partial charge is 0.0546 e. The molecule has 2 nitrogen and oxygen atoms in total. The summed E-state index contributed by atoms with van der Waals surface area (Å²) in [6, 6.07) is 8.81. The van der Waals surface area contributed by atoms with Gasteiger partial charge in [0.15, 0.2) is 0 Å². The van der Waals surface area contributed by atoms with E-state index in [0.29, 0.717) is 12.0 Å². The molecule has 1 aromatic rings. The van der Waals surface area contributed by atoms with Gasteiger partial charge in [0, 0.05) is 7.11 Å². The summed E-state index contributed by atoms with van der Waals surface area (Å²) in [5.74, 6) is 0.640. The second-order valence-corrected chi connectivity index (χ2v) is 5.15. The monoisotopic (exact) mass is 249 g/mol. The van der Waals surface area contributed by atoms with Crippen molar-refractivity contribution < 1.29 is 4.74 Å². The molecular formula is C16H27NO. The van der Waals surface area contributed by atoms with Gasteiger partial charge in [-0.2, -0.15) is 0 Å². The highest BCUT2D eigenvalue weighted by Crippen LogP contribution is 2.16. The molecule has 1 aromatic carbocycles. The molecule has 0 bridgehead atoms. The van der Waals surface area contributed by atoms with E-state index in [9.17, 15) is 0 Å². The summed E-state index contributed by atoms with van der Waals surface area (Å²) in [7, 11) is 1.79. The lowest BCUT2D eigenvalue weighted by Gasteiger charge is -2.21. The van der Waals surface area contributed by atoms with Gasteiger partial charge in [0.1, 0.15) is 0 Å². The van der Waals surface area contributed by atoms with Crippen LogP contribution in [0.2, 0.25) is 0 Å². The van der Waals surface area contributed by atoms with Crippen LogP contribution in [-0.4, -0.2) is 26.3 Å². The molecule has 0 radical (unpaired) electrons. The lowest BCUT2D eigenvalue weighted by atomic mass is 9.93. The summed E-state index contributed by atoms with van der Waals surface area (Å²) in [6.07, 6.45) is 2.57. The van der Waals surface area contributed by atoms with Gasteiger partial charge in [-0.15, -0.1) is 0 Å². The summed E-state index contributed by atoms with van der Waals surface area (Å²) in [4.78, 5) is 0. The van der Waals surface area contributed by atoms with E-state index in [1.807, 2.05) is 0 Å². The topological polar surface area (TPSA) is 21.3 Å². The van der Waals surface area contributed by atoms with Crippen LogP contribution in [0.5, 0.6) is 0 Å². The molecule has 1 N–H and O–H groups in total. The summed E-state index contributed by atoms with van der Waals surface area (Å²) in [5.41, 5.74) is 2.77. The van der Waals surface area contributed by atoms with Gasteiger partial charge in [0.2, 0.25) is 0 Å². The quantitative estimate of drug-likeness (QED) is 0.764. The minimum atomic E-state index is 0.332. The number of nitrogens with one attached hydrogen (secondary N) is 1. The van der Waals surface area contributed by atoms with Crippen LogP contribution < -0.4 is 5.32 Å². The molecule has 0 spiro atoms. The van der Waals surface area contributed by atoms with Gasteiger partial charge in [0.25, 0.3) is 0 Å². The van der Waals surface area contributed by atoms with Gasteiger partial charge in [-0.05, 0) is 51.3 Å². The standard InChI is InChI=1S/C16H27NO/c1-5-17-12-16(10-14(3)18-4)11-15-8-6-7-13(2)9-15/h6-9,14,16-17H,5,10-12H2,1-4H3. The van der Waals surface area contributed by atoms with Crippen molar-refractivity contribution in [3.8, 4) is 0 Å². The number of hydrogen-bond acceptors (Lipinski definition) is 2. The molecule has 0 saturated heterocycles. The zero-order chi connectivity index (χ0) is 13.4. The summed E-state index contributed by atoms with van der Waals surface area (Å²) < 4.78 is 5.39. The van der Waals surface area contributed by atoms with Gasteiger partial charge >= 0.3 is 0 Å². The SMILES string of the molecule is CCNCC(Cc1cccc(C)c1)CC(C)OC. The number of hydrogen-bond donors (Lipinski definition) is 1. The Balaban J connectivity index is 2.59. The average molecular weight is 249 g/mol. The maximum absolute atomic E-state index is 5.39. The third-order valence-electron chi connectivity index (χ3n) is 3.36. The van der Waals surface area contributed by atoms with Crippen LogP contribution >= 0.6 is 0 Å². The van der Waals surface area contributed by atoms with E-state index in [0.717, 1.165) is 25.9 Å². The van der Waals surface area contributed by atoms with E-state index < -0.39 is 0 Å². The number of ether oxygens (including phenoxy) is 1. The zero-order valence-electron chi connectivity index (χ0n) is 12.2. The first-order valence-electron chi connectivity index (χ1n) is 6.94. The fourth-order valence-electron chi connectivity index (χ4n) is 2.33. The Morgan fingerprint density at radius 2 is 2.11 bits per heavy atom. The van der Waals surface area contributed by atoms with Crippen LogP contribution in [-0.2, 0) is 11.2 Å². The fourth-order valence-corrected chi connectivity index (χ4v) is 2.33. The molecule has 2 unspecified atom stereocenters. The number of rotatable bonds is 8. The van der Waals surface area contributed by atoms with Crippen molar-refractivity contribution in [2.75, 3.05) is 20.2 Å². The van der Waals surface area contributed by atoms with E-state index in [2.05, 4.69) is 50.4 Å². The van der Waals surface area contributed by atoms with Crippen molar-refractivity contribution in [2.24, 2.45) is 5.92 Å². The maximum atomic E-state index is 5.39. The second kappa shape index (κ2) is 8.28.